The fourth-order valence-corrected chi connectivity index (χ4v) is 3.02. The zero-order valence-electron chi connectivity index (χ0n) is 13.9. The predicted octanol–water partition coefficient (Wildman–Crippen LogP) is 4.04. The van der Waals surface area contributed by atoms with Crippen LogP contribution in [0.2, 0.25) is 0 Å². The number of hydrogen-bond donors (Lipinski definition) is 1. The van der Waals surface area contributed by atoms with E-state index in [4.69, 9.17) is 4.74 Å². The zero-order valence-corrected chi connectivity index (χ0v) is 14.7. The van der Waals surface area contributed by atoms with Crippen LogP contribution in [0.3, 0.4) is 0 Å². The average molecular weight is 332 g/mol. The Morgan fingerprint density at radius 3 is 2.52 bits per heavy atom. The van der Waals surface area contributed by atoms with Crippen molar-refractivity contribution in [1.82, 2.24) is 4.98 Å². The van der Waals surface area contributed by atoms with Crippen LogP contribution in [0.15, 0.2) is 17.5 Å². The van der Waals surface area contributed by atoms with Crippen LogP contribution in [0.1, 0.15) is 58.1 Å². The summed E-state index contributed by atoms with van der Waals surface area (Å²) in [6, 6.07) is 3.38. The predicted molar refractivity (Wildman–Crippen MR) is 91.9 cm³/mol. The monoisotopic (exact) mass is 332 g/mol. The number of anilines is 1. The fraction of sp³-hybridized carbons (Fsp3) is 0.353. The van der Waals surface area contributed by atoms with Gasteiger partial charge < -0.3 is 10.1 Å². The van der Waals surface area contributed by atoms with Crippen molar-refractivity contribution in [2.45, 2.75) is 33.6 Å². The van der Waals surface area contributed by atoms with Gasteiger partial charge in [-0.1, -0.05) is 13.8 Å². The first-order valence-corrected chi connectivity index (χ1v) is 8.18. The molecule has 0 bridgehead atoms. The minimum Gasteiger partial charge on any atom is -0.496 e. The molecule has 0 spiro atoms. The Kier molecular flexibility index (Phi) is 5.15. The van der Waals surface area contributed by atoms with Crippen molar-refractivity contribution < 1.29 is 14.3 Å². The molecular formula is C17H20N2O3S. The number of benzene rings is 1. The van der Waals surface area contributed by atoms with Gasteiger partial charge >= 0.3 is 0 Å². The maximum absolute atomic E-state index is 12.5. The summed E-state index contributed by atoms with van der Waals surface area (Å²) in [5.41, 5.74) is 2.00. The van der Waals surface area contributed by atoms with E-state index in [-0.39, 0.29) is 17.6 Å². The summed E-state index contributed by atoms with van der Waals surface area (Å²) in [6.07, 6.45) is 0. The molecule has 0 atom stereocenters. The summed E-state index contributed by atoms with van der Waals surface area (Å²) in [4.78, 5) is 28.6. The highest BCUT2D eigenvalue weighted by Gasteiger charge is 2.19. The molecule has 0 aliphatic heterocycles. The van der Waals surface area contributed by atoms with Crippen LogP contribution in [0.4, 0.5) is 5.69 Å². The lowest BCUT2D eigenvalue weighted by Gasteiger charge is -2.14. The number of nitrogens with one attached hydrogen (secondary N) is 1. The van der Waals surface area contributed by atoms with Gasteiger partial charge in [-0.3, -0.25) is 9.59 Å². The molecule has 1 heterocycles. The minimum atomic E-state index is -0.327. The second-order valence-corrected chi connectivity index (χ2v) is 6.44. The van der Waals surface area contributed by atoms with E-state index in [1.54, 1.807) is 24.6 Å². The molecule has 0 fully saturated rings. The number of aromatic nitrogens is 1. The van der Waals surface area contributed by atoms with Gasteiger partial charge in [0.05, 0.1) is 17.8 Å². The fourth-order valence-electron chi connectivity index (χ4n) is 2.20. The Bertz CT molecular complexity index is 750. The van der Waals surface area contributed by atoms with Crippen molar-refractivity contribution >= 4 is 28.7 Å². The van der Waals surface area contributed by atoms with E-state index in [0.29, 0.717) is 28.3 Å². The number of methoxy groups -OCH3 is 1. The van der Waals surface area contributed by atoms with Gasteiger partial charge in [0.1, 0.15) is 11.4 Å². The van der Waals surface area contributed by atoms with Crippen LogP contribution in [0, 0.1) is 6.92 Å². The Morgan fingerprint density at radius 2 is 2.00 bits per heavy atom. The second kappa shape index (κ2) is 6.91. The van der Waals surface area contributed by atoms with Crippen molar-refractivity contribution in [3.05, 3.63) is 39.3 Å². The smallest absolute Gasteiger partial charge is 0.275 e. The van der Waals surface area contributed by atoms with Gasteiger partial charge in [0.15, 0.2) is 5.78 Å². The van der Waals surface area contributed by atoms with Gasteiger partial charge in [0.2, 0.25) is 0 Å². The molecule has 6 heteroatoms. The standard InChI is InChI=1S/C17H20N2O3S/c1-9(2)17-18-13(8-23-17)16(21)19-15-10(3)14(22-5)7-6-12(15)11(4)20/h6-9H,1-5H3,(H,19,21). The first-order valence-electron chi connectivity index (χ1n) is 7.30. The lowest BCUT2D eigenvalue weighted by Crippen LogP contribution is -2.16. The summed E-state index contributed by atoms with van der Waals surface area (Å²) < 4.78 is 5.27. The van der Waals surface area contributed by atoms with Gasteiger partial charge in [-0.25, -0.2) is 4.98 Å². The molecule has 0 saturated carbocycles. The van der Waals surface area contributed by atoms with Crippen molar-refractivity contribution in [2.24, 2.45) is 0 Å². The highest BCUT2D eigenvalue weighted by Crippen LogP contribution is 2.30. The van der Waals surface area contributed by atoms with Crippen LogP contribution in [-0.4, -0.2) is 23.8 Å². The number of ketones is 1. The number of thiazole rings is 1. The van der Waals surface area contributed by atoms with E-state index >= 15 is 0 Å². The second-order valence-electron chi connectivity index (χ2n) is 5.55. The molecule has 1 aromatic heterocycles. The van der Waals surface area contributed by atoms with Crippen molar-refractivity contribution in [3.8, 4) is 5.75 Å². The topological polar surface area (TPSA) is 68.3 Å². The molecule has 122 valence electrons. The maximum Gasteiger partial charge on any atom is 0.275 e. The molecule has 0 unspecified atom stereocenters. The number of carbonyl (C=O) groups excluding carboxylic acids is 2. The van der Waals surface area contributed by atoms with Gasteiger partial charge in [-0.15, -0.1) is 11.3 Å². The van der Waals surface area contributed by atoms with Crippen molar-refractivity contribution in [1.29, 1.82) is 0 Å². The first-order chi connectivity index (χ1) is 10.8. The molecule has 1 amide bonds. The largest absolute Gasteiger partial charge is 0.496 e. The molecule has 2 rings (SSSR count). The number of hydrogen-bond acceptors (Lipinski definition) is 5. The van der Waals surface area contributed by atoms with Crippen molar-refractivity contribution in [3.63, 3.8) is 0 Å². The van der Waals surface area contributed by atoms with Crippen LogP contribution >= 0.6 is 11.3 Å². The van der Waals surface area contributed by atoms with Crippen LogP contribution in [0.5, 0.6) is 5.75 Å². The SMILES string of the molecule is COc1ccc(C(C)=O)c(NC(=O)c2csc(C(C)C)n2)c1C. The highest BCUT2D eigenvalue weighted by atomic mass is 32.1. The molecule has 1 aromatic carbocycles. The van der Waals surface area contributed by atoms with Gasteiger partial charge in [-0.2, -0.15) is 0 Å². The van der Waals surface area contributed by atoms with E-state index in [2.05, 4.69) is 10.3 Å². The molecule has 0 radical (unpaired) electrons. The average Bonchev–Trinajstić information content (AvgIpc) is 2.99. The van der Waals surface area contributed by atoms with Gasteiger partial charge in [0, 0.05) is 22.4 Å². The Labute approximate surface area is 139 Å². The highest BCUT2D eigenvalue weighted by molar-refractivity contribution is 7.09. The third kappa shape index (κ3) is 3.59. The number of ether oxygens (including phenoxy) is 1. The molecule has 5 nitrogen and oxygen atoms in total. The Morgan fingerprint density at radius 1 is 1.30 bits per heavy atom. The van der Waals surface area contributed by atoms with E-state index in [1.165, 1.54) is 18.3 Å². The van der Waals surface area contributed by atoms with E-state index < -0.39 is 0 Å². The van der Waals surface area contributed by atoms with Crippen molar-refractivity contribution in [2.75, 3.05) is 12.4 Å². The molecule has 0 saturated heterocycles. The number of Topliss-reactive ketones (excluding diaryl/α,β-unsaturated/α-hetero) is 1. The summed E-state index contributed by atoms with van der Waals surface area (Å²) in [6.45, 7) is 7.33. The van der Waals surface area contributed by atoms with Gasteiger partial charge in [0.25, 0.3) is 5.91 Å². The third-order valence-electron chi connectivity index (χ3n) is 3.50. The van der Waals surface area contributed by atoms with Crippen LogP contribution < -0.4 is 10.1 Å². The molecule has 0 aliphatic carbocycles. The summed E-state index contributed by atoms with van der Waals surface area (Å²) in [5, 5.41) is 5.44. The summed E-state index contributed by atoms with van der Waals surface area (Å²) >= 11 is 1.46. The summed E-state index contributed by atoms with van der Waals surface area (Å²) in [5.74, 6) is 0.443. The summed E-state index contributed by atoms with van der Waals surface area (Å²) in [7, 11) is 1.55. The quantitative estimate of drug-likeness (QED) is 0.839. The Balaban J connectivity index is 2.37. The molecule has 1 N–H and O–H groups in total. The van der Waals surface area contributed by atoms with Crippen LogP contribution in [-0.2, 0) is 0 Å². The molecule has 23 heavy (non-hydrogen) atoms. The lowest BCUT2D eigenvalue weighted by molar-refractivity contribution is 0.101. The Hall–Kier alpha value is -2.21. The normalized spacial score (nSPS) is 10.7. The van der Waals surface area contributed by atoms with Gasteiger partial charge in [-0.05, 0) is 26.0 Å². The molecule has 0 aliphatic rings. The minimum absolute atomic E-state index is 0.118. The third-order valence-corrected chi connectivity index (χ3v) is 4.65. The van der Waals surface area contributed by atoms with E-state index in [0.717, 1.165) is 5.01 Å². The number of rotatable bonds is 5. The molecule has 2 aromatic rings. The first kappa shape index (κ1) is 17.1. The number of carbonyl (C=O) groups is 2. The molecular weight excluding hydrogens is 312 g/mol. The number of amides is 1. The van der Waals surface area contributed by atoms with E-state index in [1.807, 2.05) is 20.8 Å². The zero-order chi connectivity index (χ0) is 17.1. The van der Waals surface area contributed by atoms with Crippen LogP contribution in [0.25, 0.3) is 0 Å². The number of nitrogens with zero attached hydrogens (tertiary/aromatic N) is 1. The lowest BCUT2D eigenvalue weighted by atomic mass is 10.0. The van der Waals surface area contributed by atoms with E-state index in [9.17, 15) is 9.59 Å². The maximum atomic E-state index is 12.5.